The number of aryl methyl sites for hydroxylation is 1. The molecule has 1 aliphatic heterocycles. The van der Waals surface area contributed by atoms with Crippen molar-refractivity contribution in [2.24, 2.45) is 4.99 Å². The second-order valence-corrected chi connectivity index (χ2v) is 7.41. The van der Waals surface area contributed by atoms with Gasteiger partial charge < -0.3 is 15.4 Å². The molecule has 0 fully saturated rings. The van der Waals surface area contributed by atoms with Crippen molar-refractivity contribution < 1.29 is 4.74 Å². The number of pyridine rings is 1. The van der Waals surface area contributed by atoms with Gasteiger partial charge in [0.2, 0.25) is 5.88 Å². The number of nitrogens with one attached hydrogen (secondary N) is 2. The normalized spacial score (nSPS) is 13.8. The van der Waals surface area contributed by atoms with Crippen molar-refractivity contribution in [1.29, 1.82) is 0 Å². The molecule has 9 heteroatoms. The average Bonchev–Trinajstić information content (AvgIpc) is 3.32. The van der Waals surface area contributed by atoms with Crippen LogP contribution >= 0.6 is 22.7 Å². The number of hydrogen-bond acceptors (Lipinski definition) is 9. The average molecular weight is 387 g/mol. The van der Waals surface area contributed by atoms with Crippen molar-refractivity contribution in [1.82, 2.24) is 20.3 Å². The van der Waals surface area contributed by atoms with Gasteiger partial charge in [0.15, 0.2) is 11.1 Å². The number of methoxy groups -OCH3 is 1. The molecule has 0 saturated carbocycles. The number of anilines is 1. The van der Waals surface area contributed by atoms with E-state index in [1.54, 1.807) is 29.8 Å². The number of guanidine groups is 1. The number of hydrogen-bond donors (Lipinski definition) is 2. The molecule has 0 radical (unpaired) electrons. The third-order valence-corrected chi connectivity index (χ3v) is 5.53. The van der Waals surface area contributed by atoms with Crippen LogP contribution in [0, 0.1) is 6.92 Å². The fraction of sp³-hybridized carbons (Fsp3) is 0.294. The van der Waals surface area contributed by atoms with Gasteiger partial charge in [0, 0.05) is 35.5 Å². The molecule has 0 spiro atoms. The van der Waals surface area contributed by atoms with Gasteiger partial charge in [0.25, 0.3) is 0 Å². The number of aliphatic imine (C=N–C) groups is 1. The first kappa shape index (κ1) is 16.9. The molecule has 0 bridgehead atoms. The Morgan fingerprint density at radius 1 is 1.12 bits per heavy atom. The first-order valence-corrected chi connectivity index (χ1v) is 9.97. The number of thiazole rings is 2. The predicted molar refractivity (Wildman–Crippen MR) is 106 cm³/mol. The van der Waals surface area contributed by atoms with Crippen LogP contribution in [0.25, 0.3) is 22.0 Å². The highest BCUT2D eigenvalue weighted by Crippen LogP contribution is 2.32. The zero-order valence-electron chi connectivity index (χ0n) is 14.4. The highest BCUT2D eigenvalue weighted by atomic mass is 32.1. The van der Waals surface area contributed by atoms with Crippen molar-refractivity contribution >= 4 is 33.8 Å². The lowest BCUT2D eigenvalue weighted by atomic mass is 10.2. The molecule has 3 aromatic rings. The molecule has 7 nitrogen and oxygen atoms in total. The van der Waals surface area contributed by atoms with Crippen LogP contribution in [0.5, 0.6) is 5.88 Å². The molecular weight excluding hydrogens is 368 g/mol. The van der Waals surface area contributed by atoms with Crippen molar-refractivity contribution in [3.05, 3.63) is 28.6 Å². The van der Waals surface area contributed by atoms with E-state index >= 15 is 0 Å². The van der Waals surface area contributed by atoms with Gasteiger partial charge in [0.05, 0.1) is 12.8 Å². The maximum atomic E-state index is 5.17. The monoisotopic (exact) mass is 386 g/mol. The summed E-state index contributed by atoms with van der Waals surface area (Å²) in [6, 6.07) is 3.84. The Morgan fingerprint density at radius 2 is 1.96 bits per heavy atom. The first-order chi connectivity index (χ1) is 12.7. The van der Waals surface area contributed by atoms with Gasteiger partial charge in [-0.2, -0.15) is 0 Å². The molecule has 0 unspecified atom stereocenters. The molecule has 0 saturated heterocycles. The second-order valence-electron chi connectivity index (χ2n) is 5.70. The van der Waals surface area contributed by atoms with E-state index < -0.39 is 0 Å². The van der Waals surface area contributed by atoms with Gasteiger partial charge >= 0.3 is 0 Å². The molecular formula is C17H18N6OS2. The van der Waals surface area contributed by atoms with Crippen LogP contribution in [0.4, 0.5) is 5.13 Å². The zero-order chi connectivity index (χ0) is 17.9. The minimum atomic E-state index is 0.609. The summed E-state index contributed by atoms with van der Waals surface area (Å²) >= 11 is 3.13. The summed E-state index contributed by atoms with van der Waals surface area (Å²) in [4.78, 5) is 18.2. The van der Waals surface area contributed by atoms with Crippen LogP contribution in [0.3, 0.4) is 0 Å². The van der Waals surface area contributed by atoms with Crippen LogP contribution in [-0.2, 0) is 0 Å². The molecule has 3 aromatic heterocycles. The number of ether oxygens (including phenoxy) is 1. The van der Waals surface area contributed by atoms with E-state index in [1.165, 1.54) is 0 Å². The minimum Gasteiger partial charge on any atom is -0.481 e. The fourth-order valence-corrected chi connectivity index (χ4v) is 4.15. The maximum Gasteiger partial charge on any atom is 0.213 e. The van der Waals surface area contributed by atoms with Crippen LogP contribution in [0.1, 0.15) is 12.1 Å². The second kappa shape index (κ2) is 7.38. The minimum absolute atomic E-state index is 0.609. The summed E-state index contributed by atoms with van der Waals surface area (Å²) in [5.41, 5.74) is 3.63. The van der Waals surface area contributed by atoms with Crippen molar-refractivity contribution in [2.75, 3.05) is 25.5 Å². The Labute approximate surface area is 159 Å². The molecule has 4 heterocycles. The molecule has 0 aliphatic carbocycles. The van der Waals surface area contributed by atoms with Gasteiger partial charge in [-0.3, -0.25) is 4.99 Å². The molecule has 1 aliphatic rings. The first-order valence-electron chi connectivity index (χ1n) is 8.22. The topological polar surface area (TPSA) is 84.3 Å². The summed E-state index contributed by atoms with van der Waals surface area (Å²) in [6.45, 7) is 3.74. The summed E-state index contributed by atoms with van der Waals surface area (Å²) in [6.07, 6.45) is 1.07. The summed E-state index contributed by atoms with van der Waals surface area (Å²) in [7, 11) is 1.62. The SMILES string of the molecule is COc1ccc(-c2nc(-c3csc(NC4=NCCCN4)n3)cs2)c(C)n1. The van der Waals surface area contributed by atoms with Gasteiger partial charge in [-0.25, -0.2) is 15.0 Å². The third-order valence-electron chi connectivity index (χ3n) is 3.89. The van der Waals surface area contributed by atoms with Crippen LogP contribution < -0.4 is 15.4 Å². The highest BCUT2D eigenvalue weighted by molar-refractivity contribution is 7.14. The van der Waals surface area contributed by atoms with Gasteiger partial charge in [0.1, 0.15) is 16.4 Å². The molecule has 26 heavy (non-hydrogen) atoms. The van der Waals surface area contributed by atoms with Crippen LogP contribution in [0.15, 0.2) is 27.9 Å². The third kappa shape index (κ3) is 3.54. The van der Waals surface area contributed by atoms with E-state index in [0.717, 1.165) is 58.3 Å². The Hall–Kier alpha value is -2.52. The Morgan fingerprint density at radius 3 is 2.73 bits per heavy atom. The van der Waals surface area contributed by atoms with E-state index in [4.69, 9.17) is 9.72 Å². The molecule has 0 atom stereocenters. The number of aromatic nitrogens is 3. The Bertz CT molecular complexity index is 948. The standard InChI is InChI=1S/C17H18N6OS2/c1-10-11(4-5-14(20-10)24-2)15-21-12(8-25-15)13-9-26-17(22-13)23-16-18-6-3-7-19-16/h4-5,8-9H,3,6-7H2,1-2H3,(H2,18,19,22,23). The molecule has 134 valence electrons. The number of rotatable bonds is 4. The molecule has 4 rings (SSSR count). The lowest BCUT2D eigenvalue weighted by Crippen LogP contribution is -2.35. The van der Waals surface area contributed by atoms with Gasteiger partial charge in [-0.15, -0.1) is 22.7 Å². The Kier molecular flexibility index (Phi) is 4.81. The van der Waals surface area contributed by atoms with Crippen molar-refractivity contribution in [3.63, 3.8) is 0 Å². The maximum absolute atomic E-state index is 5.17. The largest absolute Gasteiger partial charge is 0.481 e. The van der Waals surface area contributed by atoms with E-state index in [2.05, 4.69) is 25.6 Å². The summed E-state index contributed by atoms with van der Waals surface area (Å²) < 4.78 is 5.17. The van der Waals surface area contributed by atoms with Crippen molar-refractivity contribution in [3.8, 4) is 27.8 Å². The van der Waals surface area contributed by atoms with E-state index in [0.29, 0.717) is 5.88 Å². The smallest absolute Gasteiger partial charge is 0.213 e. The fourth-order valence-electron chi connectivity index (χ4n) is 2.56. The van der Waals surface area contributed by atoms with Crippen LogP contribution in [0.2, 0.25) is 0 Å². The lowest BCUT2D eigenvalue weighted by Gasteiger charge is -2.13. The van der Waals surface area contributed by atoms with E-state index in [1.807, 2.05) is 29.8 Å². The van der Waals surface area contributed by atoms with Gasteiger partial charge in [-0.05, 0) is 19.4 Å². The molecule has 0 aromatic carbocycles. The van der Waals surface area contributed by atoms with Gasteiger partial charge in [-0.1, -0.05) is 0 Å². The van der Waals surface area contributed by atoms with Crippen molar-refractivity contribution in [2.45, 2.75) is 13.3 Å². The van der Waals surface area contributed by atoms with E-state index in [-0.39, 0.29) is 0 Å². The predicted octanol–water partition coefficient (Wildman–Crippen LogP) is 3.41. The lowest BCUT2D eigenvalue weighted by molar-refractivity contribution is 0.397. The molecule has 0 amide bonds. The summed E-state index contributed by atoms with van der Waals surface area (Å²) in [5.74, 6) is 1.40. The van der Waals surface area contributed by atoms with Crippen LogP contribution in [-0.4, -0.2) is 41.1 Å². The zero-order valence-corrected chi connectivity index (χ0v) is 16.1. The number of nitrogens with zero attached hydrogens (tertiary/aromatic N) is 4. The Balaban J connectivity index is 1.54. The molecule has 2 N–H and O–H groups in total. The summed E-state index contributed by atoms with van der Waals surface area (Å²) in [5, 5.41) is 12.2. The quantitative estimate of drug-likeness (QED) is 0.715. The highest BCUT2D eigenvalue weighted by Gasteiger charge is 2.14. The van der Waals surface area contributed by atoms with E-state index in [9.17, 15) is 0 Å².